The molecule has 1 heterocycles. The van der Waals surface area contributed by atoms with E-state index in [2.05, 4.69) is 10.3 Å². The van der Waals surface area contributed by atoms with Gasteiger partial charge in [0.15, 0.2) is 12.4 Å². The number of ether oxygens (including phenoxy) is 4. The maximum absolute atomic E-state index is 11.9. The van der Waals surface area contributed by atoms with Crippen molar-refractivity contribution in [1.82, 2.24) is 10.3 Å². The van der Waals surface area contributed by atoms with Crippen molar-refractivity contribution in [2.45, 2.75) is 39.8 Å². The molecule has 0 aliphatic rings. The Morgan fingerprint density at radius 3 is 2.55 bits per heavy atom. The van der Waals surface area contributed by atoms with E-state index in [0.29, 0.717) is 10.6 Å². The molecule has 10 heteroatoms. The molecule has 0 atom stereocenters. The summed E-state index contributed by atoms with van der Waals surface area (Å²) in [6.07, 6.45) is 0.912. The molecule has 1 N–H and O–H groups in total. The summed E-state index contributed by atoms with van der Waals surface area (Å²) in [6.45, 7) is 7.02. The van der Waals surface area contributed by atoms with E-state index in [-0.39, 0.29) is 42.2 Å². The van der Waals surface area contributed by atoms with Gasteiger partial charge in [-0.3, -0.25) is 0 Å². The first-order chi connectivity index (χ1) is 14.6. The second-order valence-electron chi connectivity index (χ2n) is 7.23. The minimum atomic E-state index is -0.623. The van der Waals surface area contributed by atoms with Gasteiger partial charge in [-0.25, -0.2) is 14.6 Å². The Morgan fingerprint density at radius 1 is 1.13 bits per heavy atom. The lowest BCUT2D eigenvalue weighted by Gasteiger charge is -2.20. The van der Waals surface area contributed by atoms with E-state index < -0.39 is 17.7 Å². The monoisotopic (exact) mass is 470 g/mol. The van der Waals surface area contributed by atoms with E-state index in [1.807, 2.05) is 0 Å². The third kappa shape index (κ3) is 8.15. The third-order valence-electron chi connectivity index (χ3n) is 3.51. The standard InChI is InChI=1S/C21H24Cl2N2O6/c1-5-28-18(26)12-29-19-16(7-6-8-24-19)30-17-9-13(14(22)10-15(17)23)11-25-20(27)31-21(2,3)4/h6-10H,5,11-12H2,1-4H3,(H,25,27). The van der Waals surface area contributed by atoms with Crippen LogP contribution in [0.2, 0.25) is 10.0 Å². The fraction of sp³-hybridized carbons (Fsp3) is 0.381. The summed E-state index contributed by atoms with van der Waals surface area (Å²) < 4.78 is 21.3. The number of carbonyl (C=O) groups is 2. The Kier molecular flexibility index (Phi) is 8.76. The van der Waals surface area contributed by atoms with Crippen molar-refractivity contribution in [3.8, 4) is 17.4 Å². The quantitative estimate of drug-likeness (QED) is 0.532. The molecule has 2 aromatic rings. The summed E-state index contributed by atoms with van der Waals surface area (Å²) in [5.74, 6) is 0.0669. The lowest BCUT2D eigenvalue weighted by Crippen LogP contribution is -2.32. The number of nitrogens with zero attached hydrogens (tertiary/aromatic N) is 1. The molecule has 0 fully saturated rings. The SMILES string of the molecule is CCOC(=O)COc1ncccc1Oc1cc(CNC(=O)OC(C)(C)C)c(Cl)cc1Cl. The Labute approximate surface area is 190 Å². The largest absolute Gasteiger partial charge is 0.463 e. The second-order valence-corrected chi connectivity index (χ2v) is 8.05. The van der Waals surface area contributed by atoms with Crippen molar-refractivity contribution in [2.24, 2.45) is 0 Å². The van der Waals surface area contributed by atoms with E-state index in [4.69, 9.17) is 42.1 Å². The Hall–Kier alpha value is -2.71. The van der Waals surface area contributed by atoms with Gasteiger partial charge in [0.1, 0.15) is 11.4 Å². The van der Waals surface area contributed by atoms with Crippen molar-refractivity contribution in [1.29, 1.82) is 0 Å². The van der Waals surface area contributed by atoms with Gasteiger partial charge in [0.25, 0.3) is 5.88 Å². The van der Waals surface area contributed by atoms with Crippen LogP contribution in [-0.4, -0.2) is 35.9 Å². The normalized spacial score (nSPS) is 10.9. The van der Waals surface area contributed by atoms with Crippen LogP contribution in [0.4, 0.5) is 4.79 Å². The molecule has 1 aromatic heterocycles. The lowest BCUT2D eigenvalue weighted by molar-refractivity contribution is -0.145. The number of hydrogen-bond acceptors (Lipinski definition) is 7. The number of amides is 1. The van der Waals surface area contributed by atoms with Crippen molar-refractivity contribution in [3.63, 3.8) is 0 Å². The first kappa shape index (κ1) is 24.6. The number of rotatable bonds is 8. The molecule has 0 aliphatic heterocycles. The van der Waals surface area contributed by atoms with Gasteiger partial charge < -0.3 is 24.3 Å². The van der Waals surface area contributed by atoms with Crippen LogP contribution in [-0.2, 0) is 20.8 Å². The number of carbonyl (C=O) groups excluding carboxylic acids is 2. The van der Waals surface area contributed by atoms with Crippen LogP contribution < -0.4 is 14.8 Å². The minimum absolute atomic E-state index is 0.0926. The zero-order chi connectivity index (χ0) is 23.0. The highest BCUT2D eigenvalue weighted by Gasteiger charge is 2.18. The summed E-state index contributed by atoms with van der Waals surface area (Å²) in [7, 11) is 0. The van der Waals surface area contributed by atoms with E-state index in [0.717, 1.165) is 0 Å². The highest BCUT2D eigenvalue weighted by Crippen LogP contribution is 2.36. The van der Waals surface area contributed by atoms with Gasteiger partial charge in [0, 0.05) is 17.8 Å². The van der Waals surface area contributed by atoms with Crippen LogP contribution in [0.15, 0.2) is 30.5 Å². The average Bonchev–Trinajstić information content (AvgIpc) is 2.67. The van der Waals surface area contributed by atoms with Crippen molar-refractivity contribution in [3.05, 3.63) is 46.1 Å². The van der Waals surface area contributed by atoms with Gasteiger partial charge in [-0.1, -0.05) is 23.2 Å². The first-order valence-electron chi connectivity index (χ1n) is 9.45. The smallest absolute Gasteiger partial charge is 0.407 e. The molecule has 0 unspecified atom stereocenters. The van der Waals surface area contributed by atoms with Crippen LogP contribution in [0.25, 0.3) is 0 Å². The second kappa shape index (κ2) is 11.1. The fourth-order valence-electron chi connectivity index (χ4n) is 2.28. The molecule has 168 valence electrons. The fourth-order valence-corrected chi connectivity index (χ4v) is 2.77. The molecular formula is C21H24Cl2N2O6. The molecule has 0 radical (unpaired) electrons. The summed E-state index contributed by atoms with van der Waals surface area (Å²) >= 11 is 12.5. The lowest BCUT2D eigenvalue weighted by atomic mass is 10.2. The highest BCUT2D eigenvalue weighted by molar-refractivity contribution is 6.36. The number of benzene rings is 1. The van der Waals surface area contributed by atoms with Gasteiger partial charge in [-0.2, -0.15) is 0 Å². The van der Waals surface area contributed by atoms with Crippen LogP contribution in [0.3, 0.4) is 0 Å². The van der Waals surface area contributed by atoms with E-state index in [9.17, 15) is 9.59 Å². The topological polar surface area (TPSA) is 96.0 Å². The number of halogens is 2. The van der Waals surface area contributed by atoms with Crippen molar-refractivity contribution >= 4 is 35.3 Å². The predicted octanol–water partition coefficient (Wildman–Crippen LogP) is 5.15. The Morgan fingerprint density at radius 2 is 1.87 bits per heavy atom. The number of nitrogens with one attached hydrogen (secondary N) is 1. The summed E-state index contributed by atoms with van der Waals surface area (Å²) in [5.41, 5.74) is -0.0626. The van der Waals surface area contributed by atoms with E-state index in [1.165, 1.54) is 12.3 Å². The summed E-state index contributed by atoms with van der Waals surface area (Å²) in [5, 5.41) is 3.22. The zero-order valence-electron chi connectivity index (χ0n) is 17.7. The maximum Gasteiger partial charge on any atom is 0.407 e. The van der Waals surface area contributed by atoms with Crippen molar-refractivity contribution in [2.75, 3.05) is 13.2 Å². The molecule has 0 bridgehead atoms. The number of alkyl carbamates (subject to hydrolysis) is 1. The summed E-state index contributed by atoms with van der Waals surface area (Å²) in [4.78, 5) is 27.5. The number of hydrogen-bond donors (Lipinski definition) is 1. The van der Waals surface area contributed by atoms with E-state index >= 15 is 0 Å². The van der Waals surface area contributed by atoms with Crippen LogP contribution >= 0.6 is 23.2 Å². The van der Waals surface area contributed by atoms with Gasteiger partial charge in [0.2, 0.25) is 0 Å². The Balaban J connectivity index is 2.14. The van der Waals surface area contributed by atoms with Gasteiger partial charge >= 0.3 is 12.1 Å². The molecule has 8 nitrogen and oxygen atoms in total. The molecule has 31 heavy (non-hydrogen) atoms. The third-order valence-corrected chi connectivity index (χ3v) is 4.16. The predicted molar refractivity (Wildman–Crippen MR) is 116 cm³/mol. The number of esters is 1. The van der Waals surface area contributed by atoms with Crippen LogP contribution in [0.5, 0.6) is 17.4 Å². The van der Waals surface area contributed by atoms with Crippen LogP contribution in [0, 0.1) is 0 Å². The molecule has 0 saturated heterocycles. The molecular weight excluding hydrogens is 447 g/mol. The number of aromatic nitrogens is 1. The molecule has 0 spiro atoms. The summed E-state index contributed by atoms with van der Waals surface area (Å²) in [6, 6.07) is 6.34. The molecule has 1 amide bonds. The van der Waals surface area contributed by atoms with Gasteiger partial charge in [-0.05, 0) is 57.5 Å². The number of pyridine rings is 1. The molecule has 0 saturated carbocycles. The van der Waals surface area contributed by atoms with E-state index in [1.54, 1.807) is 45.9 Å². The average molecular weight is 471 g/mol. The van der Waals surface area contributed by atoms with Gasteiger partial charge in [0.05, 0.1) is 11.6 Å². The van der Waals surface area contributed by atoms with Gasteiger partial charge in [-0.15, -0.1) is 0 Å². The first-order valence-corrected chi connectivity index (χ1v) is 10.2. The highest BCUT2D eigenvalue weighted by atomic mass is 35.5. The minimum Gasteiger partial charge on any atom is -0.463 e. The molecule has 0 aliphatic carbocycles. The molecule has 2 rings (SSSR count). The van der Waals surface area contributed by atoms with Crippen LogP contribution in [0.1, 0.15) is 33.3 Å². The zero-order valence-corrected chi connectivity index (χ0v) is 19.2. The molecule has 1 aromatic carbocycles. The maximum atomic E-state index is 11.9. The Bertz CT molecular complexity index is 931. The van der Waals surface area contributed by atoms with Crippen molar-refractivity contribution < 1.29 is 28.5 Å².